The van der Waals surface area contributed by atoms with Crippen LogP contribution in [0.5, 0.6) is 0 Å². The molecule has 102 valence electrons. The second-order valence-corrected chi connectivity index (χ2v) is 5.55. The number of halogens is 1. The first-order chi connectivity index (χ1) is 9.22. The number of fused-ring (bicyclic) bond motifs is 1. The van der Waals surface area contributed by atoms with Gasteiger partial charge in [0.2, 0.25) is 0 Å². The van der Waals surface area contributed by atoms with Crippen LogP contribution in [0.3, 0.4) is 0 Å². The Labute approximate surface area is 122 Å². The van der Waals surface area contributed by atoms with Crippen LogP contribution in [-0.2, 0) is 5.88 Å². The molecule has 3 nitrogen and oxygen atoms in total. The maximum atomic E-state index is 12.6. The Balaban J connectivity index is 2.70. The third kappa shape index (κ3) is 2.79. The molecule has 19 heavy (non-hydrogen) atoms. The molecule has 0 bridgehead atoms. The van der Waals surface area contributed by atoms with Crippen LogP contribution in [0, 0.1) is 0 Å². The van der Waals surface area contributed by atoms with Gasteiger partial charge in [-0.1, -0.05) is 19.1 Å². The Bertz CT molecular complexity index is 626. The predicted octanol–water partition coefficient (Wildman–Crippen LogP) is 3.45. The molecule has 0 aliphatic rings. The number of hydrogen-bond donors (Lipinski definition) is 0. The zero-order valence-electron chi connectivity index (χ0n) is 11.1. The number of alkyl halides is 1. The van der Waals surface area contributed by atoms with Gasteiger partial charge in [-0.25, -0.2) is 4.98 Å². The van der Waals surface area contributed by atoms with Gasteiger partial charge in [0.05, 0.1) is 16.8 Å². The number of para-hydroxylation sites is 1. The number of hydrogen-bond acceptors (Lipinski definition) is 3. The van der Waals surface area contributed by atoms with Crippen molar-refractivity contribution in [2.24, 2.45) is 0 Å². The molecular formula is C14H17ClN2OS. The van der Waals surface area contributed by atoms with Crippen molar-refractivity contribution < 1.29 is 0 Å². The van der Waals surface area contributed by atoms with Crippen LogP contribution in [0.15, 0.2) is 29.1 Å². The Morgan fingerprint density at radius 3 is 2.79 bits per heavy atom. The van der Waals surface area contributed by atoms with E-state index < -0.39 is 0 Å². The van der Waals surface area contributed by atoms with Gasteiger partial charge >= 0.3 is 0 Å². The van der Waals surface area contributed by atoms with Crippen LogP contribution >= 0.6 is 23.4 Å². The fourth-order valence-electron chi connectivity index (χ4n) is 2.23. The molecule has 0 fully saturated rings. The van der Waals surface area contributed by atoms with Crippen LogP contribution in [-0.4, -0.2) is 21.6 Å². The molecule has 0 N–H and O–H groups in total. The van der Waals surface area contributed by atoms with Gasteiger partial charge < -0.3 is 0 Å². The quantitative estimate of drug-likeness (QED) is 0.793. The second kappa shape index (κ2) is 6.44. The molecule has 0 radical (unpaired) electrons. The third-order valence-electron chi connectivity index (χ3n) is 3.20. The molecule has 0 spiro atoms. The zero-order valence-corrected chi connectivity index (χ0v) is 12.7. The molecule has 0 saturated heterocycles. The predicted molar refractivity (Wildman–Crippen MR) is 83.3 cm³/mol. The highest BCUT2D eigenvalue weighted by atomic mass is 35.5. The smallest absolute Gasteiger partial charge is 0.261 e. The Morgan fingerprint density at radius 2 is 2.16 bits per heavy atom. The van der Waals surface area contributed by atoms with E-state index in [2.05, 4.69) is 11.9 Å². The summed E-state index contributed by atoms with van der Waals surface area (Å²) in [5.41, 5.74) is 0.737. The van der Waals surface area contributed by atoms with E-state index in [-0.39, 0.29) is 17.5 Å². The number of benzene rings is 1. The molecule has 2 rings (SSSR count). The van der Waals surface area contributed by atoms with Crippen molar-refractivity contribution in [2.75, 3.05) is 12.0 Å². The maximum absolute atomic E-state index is 12.6. The fraction of sp³-hybridized carbons (Fsp3) is 0.429. The number of rotatable bonds is 5. The summed E-state index contributed by atoms with van der Waals surface area (Å²) in [5, 5.41) is 0.663. The van der Waals surface area contributed by atoms with Crippen LogP contribution in [0.25, 0.3) is 10.9 Å². The summed E-state index contributed by atoms with van der Waals surface area (Å²) >= 11 is 7.71. The van der Waals surface area contributed by atoms with E-state index in [1.165, 1.54) is 0 Å². The third-order valence-corrected chi connectivity index (χ3v) is 4.15. The SMILES string of the molecule is CCC(CSC)n1c(CCl)nc2ccccc2c1=O. The Kier molecular flexibility index (Phi) is 4.88. The summed E-state index contributed by atoms with van der Waals surface area (Å²) in [6.45, 7) is 2.08. The van der Waals surface area contributed by atoms with Crippen LogP contribution in [0.1, 0.15) is 25.2 Å². The summed E-state index contributed by atoms with van der Waals surface area (Å²) in [4.78, 5) is 17.2. The summed E-state index contributed by atoms with van der Waals surface area (Å²) in [7, 11) is 0. The van der Waals surface area contributed by atoms with E-state index in [0.29, 0.717) is 11.2 Å². The van der Waals surface area contributed by atoms with Gasteiger partial charge in [-0.05, 0) is 24.8 Å². The van der Waals surface area contributed by atoms with Crippen molar-refractivity contribution in [2.45, 2.75) is 25.3 Å². The van der Waals surface area contributed by atoms with E-state index in [1.54, 1.807) is 16.3 Å². The lowest BCUT2D eigenvalue weighted by molar-refractivity contribution is 0.502. The van der Waals surface area contributed by atoms with Crippen LogP contribution in [0.2, 0.25) is 0 Å². The van der Waals surface area contributed by atoms with Gasteiger partial charge in [0, 0.05) is 11.8 Å². The molecule has 2 aromatic rings. The summed E-state index contributed by atoms with van der Waals surface area (Å²) < 4.78 is 1.77. The molecule has 0 aliphatic carbocycles. The van der Waals surface area contributed by atoms with E-state index >= 15 is 0 Å². The van der Waals surface area contributed by atoms with Gasteiger partial charge in [0.1, 0.15) is 5.82 Å². The monoisotopic (exact) mass is 296 g/mol. The summed E-state index contributed by atoms with van der Waals surface area (Å²) in [6, 6.07) is 7.58. The van der Waals surface area contributed by atoms with E-state index in [4.69, 9.17) is 11.6 Å². The second-order valence-electron chi connectivity index (χ2n) is 4.37. The highest BCUT2D eigenvalue weighted by Gasteiger charge is 2.17. The van der Waals surface area contributed by atoms with Gasteiger partial charge in [-0.3, -0.25) is 9.36 Å². The highest BCUT2D eigenvalue weighted by Crippen LogP contribution is 2.19. The highest BCUT2D eigenvalue weighted by molar-refractivity contribution is 7.98. The minimum atomic E-state index is 0.0159. The first-order valence-electron chi connectivity index (χ1n) is 6.28. The molecule has 0 amide bonds. The van der Waals surface area contributed by atoms with Crippen molar-refractivity contribution in [1.29, 1.82) is 0 Å². The molecule has 0 aliphatic heterocycles. The van der Waals surface area contributed by atoms with Gasteiger partial charge in [0.15, 0.2) is 0 Å². The Hall–Kier alpha value is -1.00. The largest absolute Gasteiger partial charge is 0.291 e. The van der Waals surface area contributed by atoms with Gasteiger partial charge in [-0.15, -0.1) is 11.6 Å². The van der Waals surface area contributed by atoms with Crippen molar-refractivity contribution >= 4 is 34.3 Å². The maximum Gasteiger partial charge on any atom is 0.261 e. The number of nitrogens with zero attached hydrogens (tertiary/aromatic N) is 2. The van der Waals surface area contributed by atoms with Crippen molar-refractivity contribution in [1.82, 2.24) is 9.55 Å². The molecule has 1 unspecified atom stereocenters. The van der Waals surface area contributed by atoms with E-state index in [1.807, 2.05) is 30.5 Å². The lowest BCUT2D eigenvalue weighted by Crippen LogP contribution is -2.30. The average molecular weight is 297 g/mol. The molecular weight excluding hydrogens is 280 g/mol. The molecule has 0 saturated carbocycles. The number of aromatic nitrogens is 2. The van der Waals surface area contributed by atoms with Crippen molar-refractivity contribution in [3.05, 3.63) is 40.4 Å². The van der Waals surface area contributed by atoms with E-state index in [9.17, 15) is 4.79 Å². The lowest BCUT2D eigenvalue weighted by atomic mass is 10.2. The summed E-state index contributed by atoms with van der Waals surface area (Å²) in [5.74, 6) is 1.80. The normalized spacial score (nSPS) is 12.8. The fourth-order valence-corrected chi connectivity index (χ4v) is 3.19. The average Bonchev–Trinajstić information content (AvgIpc) is 2.45. The van der Waals surface area contributed by atoms with Crippen LogP contribution in [0.4, 0.5) is 0 Å². The summed E-state index contributed by atoms with van der Waals surface area (Å²) in [6.07, 6.45) is 2.94. The minimum absolute atomic E-state index is 0.0159. The van der Waals surface area contributed by atoms with E-state index in [0.717, 1.165) is 17.7 Å². The first-order valence-corrected chi connectivity index (χ1v) is 8.20. The van der Waals surface area contributed by atoms with Crippen molar-refractivity contribution in [3.8, 4) is 0 Å². The molecule has 1 aromatic heterocycles. The standard InChI is InChI=1S/C14H17ClN2OS/c1-3-10(9-19-2)17-13(8-15)16-12-7-5-4-6-11(12)14(17)18/h4-7,10H,3,8-9H2,1-2H3. The van der Waals surface area contributed by atoms with Crippen molar-refractivity contribution in [3.63, 3.8) is 0 Å². The lowest BCUT2D eigenvalue weighted by Gasteiger charge is -2.20. The molecule has 5 heteroatoms. The molecule has 1 aromatic carbocycles. The molecule has 1 atom stereocenters. The van der Waals surface area contributed by atoms with Gasteiger partial charge in [0.25, 0.3) is 5.56 Å². The van der Waals surface area contributed by atoms with Crippen LogP contribution < -0.4 is 5.56 Å². The molecule has 1 heterocycles. The minimum Gasteiger partial charge on any atom is -0.291 e. The van der Waals surface area contributed by atoms with Gasteiger partial charge in [-0.2, -0.15) is 11.8 Å². The topological polar surface area (TPSA) is 34.9 Å². The first kappa shape index (κ1) is 14.4. The Morgan fingerprint density at radius 1 is 1.42 bits per heavy atom. The zero-order chi connectivity index (χ0) is 13.8. The number of thioether (sulfide) groups is 1.